The topological polar surface area (TPSA) is 47.9 Å². The second kappa shape index (κ2) is 15.2. The summed E-state index contributed by atoms with van der Waals surface area (Å²) in [6, 6.07) is 1.54. The van der Waals surface area contributed by atoms with Crippen LogP contribution in [0.4, 0.5) is 13.2 Å². The maximum absolute atomic E-state index is 15.3. The van der Waals surface area contributed by atoms with Crippen LogP contribution in [0.1, 0.15) is 128 Å². The van der Waals surface area contributed by atoms with Gasteiger partial charge in [-0.1, -0.05) is 84.5 Å². The van der Waals surface area contributed by atoms with E-state index in [2.05, 4.69) is 28.8 Å². The molecule has 1 saturated carbocycles. The molecule has 2 atom stereocenters. The normalized spacial score (nSPS) is 18.9. The van der Waals surface area contributed by atoms with E-state index < -0.39 is 23.4 Å². The summed E-state index contributed by atoms with van der Waals surface area (Å²) in [4.78, 5) is 12.5. The number of nitrogens with zero attached hydrogens (tertiary/aromatic N) is 3. The summed E-state index contributed by atoms with van der Waals surface area (Å²) >= 11 is 0. The summed E-state index contributed by atoms with van der Waals surface area (Å²) in [5.74, 6) is -2.51. The number of hydrogen-bond acceptors (Lipinski definition) is 4. The fourth-order valence-corrected chi connectivity index (χ4v) is 6.35. The van der Waals surface area contributed by atoms with Gasteiger partial charge in [0.15, 0.2) is 11.6 Å². The Morgan fingerprint density at radius 3 is 2.33 bits per heavy atom. The molecule has 2 aromatic rings. The van der Waals surface area contributed by atoms with Crippen molar-refractivity contribution in [2.24, 2.45) is 17.8 Å². The number of unbranched alkanes of at least 4 members (excludes halogenated alkanes) is 8. The van der Waals surface area contributed by atoms with Gasteiger partial charge in [0.05, 0.1) is 24.6 Å². The highest BCUT2D eigenvalue weighted by molar-refractivity contribution is 5.53. The van der Waals surface area contributed by atoms with Crippen LogP contribution < -0.4 is 4.74 Å². The number of hydrogen-bond donors (Lipinski definition) is 0. The predicted octanol–water partition coefficient (Wildman–Crippen LogP) is 9.85. The van der Waals surface area contributed by atoms with Crippen molar-refractivity contribution in [3.05, 3.63) is 35.5 Å². The Bertz CT molecular complexity index is 1040. The number of halogens is 3. The molecular formula is C33H48F3N3O. The summed E-state index contributed by atoms with van der Waals surface area (Å²) in [6.07, 6.45) is 20.7. The summed E-state index contributed by atoms with van der Waals surface area (Å²) in [7, 11) is 0. The molecule has 0 radical (unpaired) electrons. The third kappa shape index (κ3) is 8.42. The van der Waals surface area contributed by atoms with Crippen molar-refractivity contribution in [2.75, 3.05) is 6.61 Å². The van der Waals surface area contributed by atoms with Crippen molar-refractivity contribution in [3.63, 3.8) is 0 Å². The van der Waals surface area contributed by atoms with Gasteiger partial charge in [-0.3, -0.25) is 0 Å². The molecule has 0 bridgehead atoms. The minimum absolute atomic E-state index is 0.185. The first-order valence-corrected chi connectivity index (χ1v) is 16.0. The largest absolute Gasteiger partial charge is 0.490 e. The van der Waals surface area contributed by atoms with Crippen LogP contribution in [0.5, 0.6) is 5.75 Å². The molecule has 4 rings (SSSR count). The number of aryl methyl sites for hydroxylation is 1. The SMILES string of the molecule is CCCCCCCCCC1CCc2cc(-c3ncc(OCCCCCC(CC)C4CC4)cn3)nc(F)c2C1(F)F. The molecule has 2 aromatic heterocycles. The van der Waals surface area contributed by atoms with Gasteiger partial charge in [-0.2, -0.15) is 4.39 Å². The van der Waals surface area contributed by atoms with Crippen molar-refractivity contribution in [2.45, 2.75) is 129 Å². The van der Waals surface area contributed by atoms with E-state index in [0.717, 1.165) is 50.4 Å². The standard InChI is InChI=1S/C33H48F3N3O/c1-3-5-6-7-8-9-12-15-27-19-18-26-21-29(39-31(34)30(26)33(27,35)36)32-37-22-28(23-38-32)40-20-13-10-11-14-24(4-2)25-16-17-25/h21-25,27H,3-20H2,1-2H3. The lowest BCUT2D eigenvalue weighted by molar-refractivity contribution is -0.0824. The molecule has 0 saturated heterocycles. The zero-order valence-corrected chi connectivity index (χ0v) is 24.6. The van der Waals surface area contributed by atoms with Crippen LogP contribution in [0.25, 0.3) is 11.5 Å². The minimum Gasteiger partial charge on any atom is -0.490 e. The van der Waals surface area contributed by atoms with Gasteiger partial charge in [-0.15, -0.1) is 0 Å². The van der Waals surface area contributed by atoms with E-state index in [9.17, 15) is 0 Å². The molecule has 2 heterocycles. The van der Waals surface area contributed by atoms with Crippen molar-refractivity contribution >= 4 is 0 Å². The minimum atomic E-state index is -3.21. The summed E-state index contributed by atoms with van der Waals surface area (Å²) in [5.41, 5.74) is -0.0257. The van der Waals surface area contributed by atoms with Crippen LogP contribution in [0.15, 0.2) is 18.5 Å². The van der Waals surface area contributed by atoms with Gasteiger partial charge < -0.3 is 4.74 Å². The molecule has 222 valence electrons. The van der Waals surface area contributed by atoms with Crippen LogP contribution in [0, 0.1) is 23.7 Å². The first-order chi connectivity index (χ1) is 19.4. The van der Waals surface area contributed by atoms with Gasteiger partial charge in [0.25, 0.3) is 5.92 Å². The molecular weight excluding hydrogens is 511 g/mol. The first kappa shape index (κ1) is 30.8. The molecule has 4 nitrogen and oxygen atoms in total. The third-order valence-electron chi connectivity index (χ3n) is 8.98. The number of fused-ring (bicyclic) bond motifs is 1. The quantitative estimate of drug-likeness (QED) is 0.135. The van der Waals surface area contributed by atoms with Crippen LogP contribution in [-0.4, -0.2) is 21.6 Å². The van der Waals surface area contributed by atoms with Crippen molar-refractivity contribution in [1.82, 2.24) is 15.0 Å². The molecule has 2 aliphatic rings. The third-order valence-corrected chi connectivity index (χ3v) is 8.98. The second-order valence-electron chi connectivity index (χ2n) is 12.0. The van der Waals surface area contributed by atoms with Crippen molar-refractivity contribution in [3.8, 4) is 17.3 Å². The Morgan fingerprint density at radius 2 is 1.62 bits per heavy atom. The first-order valence-electron chi connectivity index (χ1n) is 16.0. The molecule has 0 spiro atoms. The number of pyridine rings is 1. The number of rotatable bonds is 18. The van der Waals surface area contributed by atoms with Crippen molar-refractivity contribution in [1.29, 1.82) is 0 Å². The average Bonchev–Trinajstić information content (AvgIpc) is 3.78. The predicted molar refractivity (Wildman–Crippen MR) is 154 cm³/mol. The van der Waals surface area contributed by atoms with E-state index in [1.165, 1.54) is 57.4 Å². The highest BCUT2D eigenvalue weighted by Gasteiger charge is 2.47. The van der Waals surface area contributed by atoms with E-state index in [4.69, 9.17) is 4.74 Å². The van der Waals surface area contributed by atoms with Crippen molar-refractivity contribution < 1.29 is 17.9 Å². The van der Waals surface area contributed by atoms with E-state index in [0.29, 0.717) is 37.2 Å². The molecule has 0 aromatic carbocycles. The molecule has 0 aliphatic heterocycles. The van der Waals surface area contributed by atoms with Crippen LogP contribution in [0.2, 0.25) is 0 Å². The molecule has 7 heteroatoms. The smallest absolute Gasteiger partial charge is 0.280 e. The zero-order valence-electron chi connectivity index (χ0n) is 24.6. The summed E-state index contributed by atoms with van der Waals surface area (Å²) in [5, 5.41) is 0. The van der Waals surface area contributed by atoms with Crippen LogP contribution in [0.3, 0.4) is 0 Å². The van der Waals surface area contributed by atoms with Crippen LogP contribution >= 0.6 is 0 Å². The maximum atomic E-state index is 15.3. The summed E-state index contributed by atoms with van der Waals surface area (Å²) < 4.78 is 51.5. The van der Waals surface area contributed by atoms with E-state index in [-0.39, 0.29) is 11.5 Å². The molecule has 0 N–H and O–H groups in total. The highest BCUT2D eigenvalue weighted by atomic mass is 19.3. The lowest BCUT2D eigenvalue weighted by Crippen LogP contribution is -2.33. The van der Waals surface area contributed by atoms with Crippen LogP contribution in [-0.2, 0) is 12.3 Å². The Morgan fingerprint density at radius 1 is 0.925 bits per heavy atom. The van der Waals surface area contributed by atoms with Gasteiger partial charge >= 0.3 is 0 Å². The second-order valence-corrected chi connectivity index (χ2v) is 12.0. The molecule has 40 heavy (non-hydrogen) atoms. The molecule has 0 amide bonds. The van der Waals surface area contributed by atoms with Gasteiger partial charge in [0.2, 0.25) is 5.95 Å². The molecule has 2 unspecified atom stereocenters. The summed E-state index contributed by atoms with van der Waals surface area (Å²) in [6.45, 7) is 5.08. The Kier molecular flexibility index (Phi) is 11.7. The lowest BCUT2D eigenvalue weighted by atomic mass is 9.78. The van der Waals surface area contributed by atoms with Gasteiger partial charge in [0.1, 0.15) is 5.69 Å². The fraction of sp³-hybridized carbons (Fsp3) is 0.727. The Hall–Kier alpha value is -2.18. The van der Waals surface area contributed by atoms with E-state index in [1.54, 1.807) is 12.4 Å². The Labute approximate surface area is 239 Å². The van der Waals surface area contributed by atoms with Gasteiger partial charge in [0, 0.05) is 5.92 Å². The van der Waals surface area contributed by atoms with E-state index >= 15 is 13.2 Å². The fourth-order valence-electron chi connectivity index (χ4n) is 6.35. The molecule has 2 aliphatic carbocycles. The number of aromatic nitrogens is 3. The zero-order chi connectivity index (χ0) is 28.4. The van der Waals surface area contributed by atoms with E-state index in [1.807, 2.05) is 0 Å². The monoisotopic (exact) mass is 559 g/mol. The van der Waals surface area contributed by atoms with Gasteiger partial charge in [-0.25, -0.2) is 23.7 Å². The number of alkyl halides is 2. The number of ether oxygens (including phenoxy) is 1. The Balaban J connectivity index is 1.25. The average molecular weight is 560 g/mol. The molecule has 1 fully saturated rings. The lowest BCUT2D eigenvalue weighted by Gasteiger charge is -2.33. The highest BCUT2D eigenvalue weighted by Crippen LogP contribution is 2.47. The van der Waals surface area contributed by atoms with Gasteiger partial charge in [-0.05, 0) is 62.0 Å². The maximum Gasteiger partial charge on any atom is 0.280 e.